The van der Waals surface area contributed by atoms with Gasteiger partial charge in [-0.25, -0.2) is 4.39 Å². The molecule has 1 aromatic carbocycles. The highest BCUT2D eigenvalue weighted by atomic mass is 19.1. The number of hydrogen-bond acceptors (Lipinski definition) is 3. The molecule has 0 saturated heterocycles. The van der Waals surface area contributed by atoms with Crippen LogP contribution in [0.1, 0.15) is 25.0 Å². The molecule has 0 heterocycles. The largest absolute Gasteiger partial charge is 0.496 e. The van der Waals surface area contributed by atoms with Crippen LogP contribution in [0.3, 0.4) is 0 Å². The second-order valence-electron chi connectivity index (χ2n) is 2.85. The molecule has 0 bridgehead atoms. The number of methoxy groups -OCH3 is 2. The molecule has 0 aliphatic heterocycles. The Hall–Kier alpha value is -1.13. The first-order chi connectivity index (χ1) is 7.19. The highest BCUT2D eigenvalue weighted by molar-refractivity contribution is 5.37. The number of aryl methyl sites for hydroxylation is 1. The minimum atomic E-state index is -0.288. The van der Waals surface area contributed by atoms with Crippen LogP contribution in [0.4, 0.5) is 4.39 Å². The van der Waals surface area contributed by atoms with E-state index < -0.39 is 0 Å². The van der Waals surface area contributed by atoms with Crippen molar-refractivity contribution >= 4 is 0 Å². The van der Waals surface area contributed by atoms with Gasteiger partial charge in [0.05, 0.1) is 13.7 Å². The van der Waals surface area contributed by atoms with E-state index in [1.165, 1.54) is 13.2 Å². The zero-order valence-electron chi connectivity index (χ0n) is 10.8. The van der Waals surface area contributed by atoms with E-state index in [4.69, 9.17) is 9.47 Å². The Bertz CT molecular complexity index is 303. The second-order valence-corrected chi connectivity index (χ2v) is 2.85. The van der Waals surface area contributed by atoms with Crippen molar-refractivity contribution in [2.24, 2.45) is 0 Å². The van der Waals surface area contributed by atoms with Gasteiger partial charge in [-0.2, -0.15) is 0 Å². The van der Waals surface area contributed by atoms with E-state index in [0.29, 0.717) is 11.3 Å². The summed E-state index contributed by atoms with van der Waals surface area (Å²) in [5.41, 5.74) is 1.47. The molecule has 0 spiro atoms. The smallest absolute Gasteiger partial charge is 0.132 e. The van der Waals surface area contributed by atoms with E-state index in [2.05, 4.69) is 0 Å². The standard InChI is InChI=1S/C10H13FO2.C2H6.H3N/c1-7-4-8(6-12-2)9(11)5-10(7)13-3;1-2;/h4-5H,6H2,1-3H3;1-2H3;1H3. The van der Waals surface area contributed by atoms with Gasteiger partial charge in [-0.05, 0) is 18.6 Å². The average molecular weight is 231 g/mol. The van der Waals surface area contributed by atoms with Gasteiger partial charge in [0, 0.05) is 18.7 Å². The minimum Gasteiger partial charge on any atom is -0.496 e. The fourth-order valence-electron chi connectivity index (χ4n) is 1.21. The van der Waals surface area contributed by atoms with Crippen LogP contribution in [-0.2, 0) is 11.3 Å². The van der Waals surface area contributed by atoms with Crippen LogP contribution in [0.5, 0.6) is 5.75 Å². The summed E-state index contributed by atoms with van der Waals surface area (Å²) in [7, 11) is 3.07. The summed E-state index contributed by atoms with van der Waals surface area (Å²) in [6.45, 7) is 6.16. The van der Waals surface area contributed by atoms with Crippen molar-refractivity contribution in [2.45, 2.75) is 27.4 Å². The van der Waals surface area contributed by atoms with E-state index >= 15 is 0 Å². The summed E-state index contributed by atoms with van der Waals surface area (Å²) in [4.78, 5) is 0. The lowest BCUT2D eigenvalue weighted by Crippen LogP contribution is -1.96. The molecular formula is C12H22FNO2. The predicted octanol–water partition coefficient (Wildman–Crippen LogP) is 3.48. The van der Waals surface area contributed by atoms with Crippen LogP contribution in [0.25, 0.3) is 0 Å². The second kappa shape index (κ2) is 9.12. The number of ether oxygens (including phenoxy) is 2. The van der Waals surface area contributed by atoms with Crippen molar-refractivity contribution in [2.75, 3.05) is 14.2 Å². The van der Waals surface area contributed by atoms with Gasteiger partial charge in [-0.1, -0.05) is 13.8 Å². The van der Waals surface area contributed by atoms with Crippen LogP contribution < -0.4 is 10.9 Å². The van der Waals surface area contributed by atoms with Crippen molar-refractivity contribution in [3.63, 3.8) is 0 Å². The van der Waals surface area contributed by atoms with Crippen molar-refractivity contribution in [3.8, 4) is 5.75 Å². The number of rotatable bonds is 3. The molecule has 0 amide bonds. The lowest BCUT2D eigenvalue weighted by molar-refractivity contribution is 0.181. The molecule has 1 aromatic rings. The lowest BCUT2D eigenvalue weighted by atomic mass is 10.1. The van der Waals surface area contributed by atoms with E-state index in [1.54, 1.807) is 13.2 Å². The van der Waals surface area contributed by atoms with Gasteiger partial charge in [0.1, 0.15) is 11.6 Å². The molecule has 16 heavy (non-hydrogen) atoms. The highest BCUT2D eigenvalue weighted by Crippen LogP contribution is 2.22. The van der Waals surface area contributed by atoms with Crippen molar-refractivity contribution in [1.29, 1.82) is 0 Å². The first-order valence-electron chi connectivity index (χ1n) is 5.01. The highest BCUT2D eigenvalue weighted by Gasteiger charge is 2.06. The Labute approximate surface area is 97.2 Å². The molecule has 0 atom stereocenters. The quantitative estimate of drug-likeness (QED) is 0.866. The fourth-order valence-corrected chi connectivity index (χ4v) is 1.21. The maximum absolute atomic E-state index is 13.2. The van der Waals surface area contributed by atoms with Gasteiger partial charge >= 0.3 is 0 Å². The van der Waals surface area contributed by atoms with Gasteiger partial charge in [0.15, 0.2) is 0 Å². The molecule has 0 aliphatic carbocycles. The molecule has 0 unspecified atom stereocenters. The van der Waals surface area contributed by atoms with Gasteiger partial charge in [0.2, 0.25) is 0 Å². The Kier molecular flexibility index (Phi) is 9.85. The molecule has 0 fully saturated rings. The van der Waals surface area contributed by atoms with E-state index in [1.807, 2.05) is 20.8 Å². The number of hydrogen-bond donors (Lipinski definition) is 1. The molecule has 4 heteroatoms. The maximum atomic E-state index is 13.2. The molecule has 3 N–H and O–H groups in total. The van der Waals surface area contributed by atoms with Crippen LogP contribution in [0, 0.1) is 12.7 Å². The van der Waals surface area contributed by atoms with Gasteiger partial charge < -0.3 is 15.6 Å². The summed E-state index contributed by atoms with van der Waals surface area (Å²) >= 11 is 0. The molecular weight excluding hydrogens is 209 g/mol. The maximum Gasteiger partial charge on any atom is 0.132 e. The van der Waals surface area contributed by atoms with Gasteiger partial charge in [-0.15, -0.1) is 0 Å². The molecule has 0 saturated carbocycles. The molecule has 0 radical (unpaired) electrons. The van der Waals surface area contributed by atoms with Crippen LogP contribution >= 0.6 is 0 Å². The first-order valence-corrected chi connectivity index (χ1v) is 5.01. The van der Waals surface area contributed by atoms with E-state index in [0.717, 1.165) is 5.56 Å². The topological polar surface area (TPSA) is 53.5 Å². The zero-order valence-corrected chi connectivity index (χ0v) is 10.8. The average Bonchev–Trinajstić information content (AvgIpc) is 2.26. The molecule has 0 aliphatic rings. The first kappa shape index (κ1) is 17.3. The third-order valence-corrected chi connectivity index (χ3v) is 1.86. The summed E-state index contributed by atoms with van der Waals surface area (Å²) in [6.07, 6.45) is 0. The third kappa shape index (κ3) is 4.59. The summed E-state index contributed by atoms with van der Waals surface area (Å²) in [5, 5.41) is 0. The van der Waals surface area contributed by atoms with Crippen LogP contribution in [-0.4, -0.2) is 14.2 Å². The summed E-state index contributed by atoms with van der Waals surface area (Å²) in [6, 6.07) is 3.11. The molecule has 94 valence electrons. The molecule has 1 rings (SSSR count). The Morgan fingerprint density at radius 3 is 2.19 bits per heavy atom. The van der Waals surface area contributed by atoms with E-state index in [-0.39, 0.29) is 18.6 Å². The van der Waals surface area contributed by atoms with Crippen LogP contribution in [0.15, 0.2) is 12.1 Å². The molecule has 3 nitrogen and oxygen atoms in total. The zero-order chi connectivity index (χ0) is 11.8. The van der Waals surface area contributed by atoms with Gasteiger partial charge in [-0.3, -0.25) is 0 Å². The van der Waals surface area contributed by atoms with Gasteiger partial charge in [0.25, 0.3) is 0 Å². The Balaban J connectivity index is 0. The minimum absolute atomic E-state index is 0. The normalized spacial score (nSPS) is 8.62. The molecule has 0 aromatic heterocycles. The van der Waals surface area contributed by atoms with E-state index in [9.17, 15) is 4.39 Å². The Morgan fingerprint density at radius 1 is 1.19 bits per heavy atom. The number of halogens is 1. The summed E-state index contributed by atoms with van der Waals surface area (Å²) in [5.74, 6) is 0.279. The van der Waals surface area contributed by atoms with Crippen LogP contribution in [0.2, 0.25) is 0 Å². The Morgan fingerprint density at radius 2 is 1.75 bits per heavy atom. The van der Waals surface area contributed by atoms with Crippen molar-refractivity contribution < 1.29 is 13.9 Å². The van der Waals surface area contributed by atoms with Crippen molar-refractivity contribution in [1.82, 2.24) is 6.15 Å². The lowest BCUT2D eigenvalue weighted by Gasteiger charge is -2.08. The summed E-state index contributed by atoms with van der Waals surface area (Å²) < 4.78 is 23.1. The third-order valence-electron chi connectivity index (χ3n) is 1.86. The van der Waals surface area contributed by atoms with Crippen molar-refractivity contribution in [3.05, 3.63) is 29.1 Å². The fraction of sp³-hybridized carbons (Fsp3) is 0.500. The monoisotopic (exact) mass is 231 g/mol. The predicted molar refractivity (Wildman–Crippen MR) is 64.8 cm³/mol. The number of benzene rings is 1. The SMILES string of the molecule is CC.COCc1cc(C)c(OC)cc1F.N.